The van der Waals surface area contributed by atoms with Gasteiger partial charge in [-0.3, -0.25) is 4.79 Å². The van der Waals surface area contributed by atoms with Crippen LogP contribution in [0.1, 0.15) is 21.6 Å². The van der Waals surface area contributed by atoms with Crippen LogP contribution in [0, 0.1) is 24.1 Å². The zero-order chi connectivity index (χ0) is 20.4. The van der Waals surface area contributed by atoms with Crippen molar-refractivity contribution in [3.8, 4) is 34.1 Å². The van der Waals surface area contributed by atoms with Gasteiger partial charge in [-0.25, -0.2) is 9.18 Å². The average molecular weight is 378 g/mol. The van der Waals surface area contributed by atoms with E-state index in [1.807, 2.05) is 6.07 Å². The van der Waals surface area contributed by atoms with Crippen molar-refractivity contribution < 1.29 is 19.0 Å². The van der Waals surface area contributed by atoms with Crippen molar-refractivity contribution in [2.75, 3.05) is 7.11 Å². The van der Waals surface area contributed by atoms with Crippen LogP contribution in [0.25, 0.3) is 22.3 Å². The van der Waals surface area contributed by atoms with Crippen LogP contribution >= 0.6 is 0 Å². The zero-order valence-corrected chi connectivity index (χ0v) is 15.0. The van der Waals surface area contributed by atoms with Crippen molar-refractivity contribution in [2.24, 2.45) is 0 Å². The molecule has 0 saturated heterocycles. The molecule has 1 aromatic heterocycles. The molecule has 2 N–H and O–H groups in total. The number of aryl methyl sites for hydroxylation is 1. The van der Waals surface area contributed by atoms with Crippen LogP contribution in [0.5, 0.6) is 5.75 Å². The number of H-pyrrole nitrogens is 1. The van der Waals surface area contributed by atoms with Crippen LogP contribution in [-0.4, -0.2) is 23.2 Å². The van der Waals surface area contributed by atoms with Crippen LogP contribution in [0.3, 0.4) is 0 Å². The van der Waals surface area contributed by atoms with Gasteiger partial charge in [0.1, 0.15) is 23.2 Å². The van der Waals surface area contributed by atoms with E-state index in [1.165, 1.54) is 31.4 Å². The van der Waals surface area contributed by atoms with Gasteiger partial charge in [-0.05, 0) is 31.2 Å². The number of nitriles is 1. The van der Waals surface area contributed by atoms with Crippen LogP contribution in [0.4, 0.5) is 4.39 Å². The van der Waals surface area contributed by atoms with Crippen LogP contribution in [0.15, 0.2) is 47.3 Å². The SMILES string of the molecule is COC(=O)c1ccc(F)c(-c2cccc(-c3cc(C)[nH]c(=O)c3C#N)c2O)c1. The average Bonchev–Trinajstić information content (AvgIpc) is 2.67. The van der Waals surface area contributed by atoms with E-state index in [2.05, 4.69) is 9.72 Å². The summed E-state index contributed by atoms with van der Waals surface area (Å²) in [6.45, 7) is 1.65. The highest BCUT2D eigenvalue weighted by atomic mass is 19.1. The molecule has 0 spiro atoms. The molecular weight excluding hydrogens is 363 g/mol. The lowest BCUT2D eigenvalue weighted by molar-refractivity contribution is 0.0600. The fourth-order valence-corrected chi connectivity index (χ4v) is 2.97. The van der Waals surface area contributed by atoms with E-state index in [0.717, 1.165) is 6.07 Å². The topological polar surface area (TPSA) is 103 Å². The largest absolute Gasteiger partial charge is 0.507 e. The number of benzene rings is 2. The number of aromatic amines is 1. The summed E-state index contributed by atoms with van der Waals surface area (Å²) in [7, 11) is 1.21. The highest BCUT2D eigenvalue weighted by Gasteiger charge is 2.19. The number of methoxy groups -OCH3 is 1. The Hall–Kier alpha value is -3.92. The Morgan fingerprint density at radius 2 is 1.82 bits per heavy atom. The number of phenolic OH excluding ortho intramolecular Hbond substituents is 1. The van der Waals surface area contributed by atoms with Gasteiger partial charge < -0.3 is 14.8 Å². The minimum Gasteiger partial charge on any atom is -0.507 e. The number of para-hydroxylation sites is 1. The number of carbonyl (C=O) groups is 1. The summed E-state index contributed by atoms with van der Waals surface area (Å²) in [5.74, 6) is -1.61. The van der Waals surface area contributed by atoms with Crippen molar-refractivity contribution in [3.05, 3.63) is 75.5 Å². The van der Waals surface area contributed by atoms with E-state index in [4.69, 9.17) is 0 Å². The standard InChI is InChI=1S/C21H15FN2O4/c1-11-8-15(17(10-23)20(26)24-11)13-4-3-5-14(19(13)25)16-9-12(21(27)28-2)6-7-18(16)22/h3-9,25H,1-2H3,(H,24,26). The molecule has 6 nitrogen and oxygen atoms in total. The van der Waals surface area contributed by atoms with Crippen molar-refractivity contribution in [2.45, 2.75) is 6.92 Å². The lowest BCUT2D eigenvalue weighted by atomic mass is 9.94. The predicted octanol–water partition coefficient (Wildman–Crippen LogP) is 3.52. The Balaban J connectivity index is 2.27. The molecule has 0 bridgehead atoms. The first-order chi connectivity index (χ1) is 13.4. The van der Waals surface area contributed by atoms with Crippen LogP contribution in [-0.2, 0) is 4.74 Å². The quantitative estimate of drug-likeness (QED) is 0.679. The fraction of sp³-hybridized carbons (Fsp3) is 0.0952. The summed E-state index contributed by atoms with van der Waals surface area (Å²) in [4.78, 5) is 26.4. The van der Waals surface area contributed by atoms with E-state index in [1.54, 1.807) is 19.1 Å². The van der Waals surface area contributed by atoms with Gasteiger partial charge in [0.25, 0.3) is 5.56 Å². The number of nitrogens with one attached hydrogen (secondary N) is 1. The molecule has 0 radical (unpaired) electrons. The van der Waals surface area contributed by atoms with Gasteiger partial charge in [-0.15, -0.1) is 0 Å². The van der Waals surface area contributed by atoms with Crippen molar-refractivity contribution in [3.63, 3.8) is 0 Å². The minimum atomic E-state index is -0.650. The number of ether oxygens (including phenoxy) is 1. The molecule has 1 heterocycles. The van der Waals surface area contributed by atoms with Crippen molar-refractivity contribution in [1.82, 2.24) is 4.98 Å². The maximum absolute atomic E-state index is 14.4. The Morgan fingerprint density at radius 3 is 2.46 bits per heavy atom. The van der Waals surface area contributed by atoms with Gasteiger partial charge in [-0.2, -0.15) is 5.26 Å². The Morgan fingerprint density at radius 1 is 1.14 bits per heavy atom. The van der Waals surface area contributed by atoms with Gasteiger partial charge in [-0.1, -0.05) is 18.2 Å². The van der Waals surface area contributed by atoms with Crippen LogP contribution in [0.2, 0.25) is 0 Å². The highest BCUT2D eigenvalue weighted by Crippen LogP contribution is 2.39. The molecule has 3 rings (SSSR count). The molecule has 0 fully saturated rings. The fourth-order valence-electron chi connectivity index (χ4n) is 2.97. The summed E-state index contributed by atoms with van der Waals surface area (Å²) in [6, 6.07) is 11.6. The molecule has 28 heavy (non-hydrogen) atoms. The number of pyridine rings is 1. The lowest BCUT2D eigenvalue weighted by Crippen LogP contribution is -2.12. The summed E-state index contributed by atoms with van der Waals surface area (Å²) in [5.41, 5.74) is 0.405. The van der Waals surface area contributed by atoms with Gasteiger partial charge >= 0.3 is 5.97 Å². The first-order valence-corrected chi connectivity index (χ1v) is 8.22. The molecule has 0 aliphatic rings. The highest BCUT2D eigenvalue weighted by molar-refractivity contribution is 5.92. The smallest absolute Gasteiger partial charge is 0.337 e. The van der Waals surface area contributed by atoms with Gasteiger partial charge in [0, 0.05) is 27.9 Å². The van der Waals surface area contributed by atoms with E-state index in [-0.39, 0.29) is 39.1 Å². The number of hydrogen-bond donors (Lipinski definition) is 2. The second-order valence-corrected chi connectivity index (χ2v) is 6.07. The summed E-state index contributed by atoms with van der Waals surface area (Å²) in [6.07, 6.45) is 0. The van der Waals surface area contributed by atoms with E-state index in [9.17, 15) is 24.3 Å². The number of esters is 1. The Bertz CT molecular complexity index is 1190. The van der Waals surface area contributed by atoms with Crippen molar-refractivity contribution in [1.29, 1.82) is 5.26 Å². The summed E-state index contributed by atoms with van der Waals surface area (Å²) >= 11 is 0. The number of rotatable bonds is 3. The number of aromatic hydroxyl groups is 1. The number of phenols is 1. The molecule has 3 aromatic rings. The van der Waals surface area contributed by atoms with E-state index < -0.39 is 17.3 Å². The van der Waals surface area contributed by atoms with E-state index >= 15 is 0 Å². The molecule has 0 atom stereocenters. The van der Waals surface area contributed by atoms with Gasteiger partial charge in [0.2, 0.25) is 0 Å². The number of nitrogens with zero attached hydrogens (tertiary/aromatic N) is 1. The molecule has 0 saturated carbocycles. The zero-order valence-electron chi connectivity index (χ0n) is 15.0. The summed E-state index contributed by atoms with van der Waals surface area (Å²) < 4.78 is 19.1. The molecule has 0 aliphatic heterocycles. The summed E-state index contributed by atoms with van der Waals surface area (Å²) in [5, 5.41) is 20.1. The number of halogens is 1. The maximum atomic E-state index is 14.4. The van der Waals surface area contributed by atoms with Crippen LogP contribution < -0.4 is 5.56 Å². The molecule has 140 valence electrons. The number of aromatic nitrogens is 1. The lowest BCUT2D eigenvalue weighted by Gasteiger charge is -2.13. The van der Waals surface area contributed by atoms with Crippen molar-refractivity contribution >= 4 is 5.97 Å². The molecule has 7 heteroatoms. The molecule has 0 amide bonds. The predicted molar refractivity (Wildman–Crippen MR) is 100 cm³/mol. The first-order valence-electron chi connectivity index (χ1n) is 8.22. The Kier molecular flexibility index (Phi) is 4.96. The van der Waals surface area contributed by atoms with Gasteiger partial charge in [0.05, 0.1) is 12.7 Å². The molecule has 2 aromatic carbocycles. The number of hydrogen-bond acceptors (Lipinski definition) is 5. The van der Waals surface area contributed by atoms with Gasteiger partial charge in [0.15, 0.2) is 0 Å². The monoisotopic (exact) mass is 378 g/mol. The molecule has 0 unspecified atom stereocenters. The number of carbonyl (C=O) groups excluding carboxylic acids is 1. The minimum absolute atomic E-state index is 0.0117. The third-order valence-corrected chi connectivity index (χ3v) is 4.28. The first kappa shape index (κ1) is 18.9. The second-order valence-electron chi connectivity index (χ2n) is 6.07. The third-order valence-electron chi connectivity index (χ3n) is 4.28. The Labute approximate surface area is 159 Å². The third kappa shape index (κ3) is 3.23. The normalized spacial score (nSPS) is 10.4. The maximum Gasteiger partial charge on any atom is 0.337 e. The second kappa shape index (κ2) is 7.37. The van der Waals surface area contributed by atoms with E-state index in [0.29, 0.717) is 5.69 Å². The molecular formula is C21H15FN2O4. The molecule has 0 aliphatic carbocycles.